The van der Waals surface area contributed by atoms with Crippen LogP contribution in [0, 0.1) is 18.7 Å². The van der Waals surface area contributed by atoms with E-state index in [0.717, 1.165) is 48.0 Å². The van der Waals surface area contributed by atoms with E-state index in [1.165, 1.54) is 12.1 Å². The van der Waals surface area contributed by atoms with E-state index < -0.39 is 0 Å². The number of benzene rings is 2. The third-order valence-electron chi connectivity index (χ3n) is 6.56. The molecule has 5 rings (SSSR count). The SMILES string of the molecule is Cc1ccc2cc([C@H](c3nnnn3Cc3ccc(F)cc3)N3CCC(C)CC3)c(=O)[nH]c2c1. The predicted octanol–water partition coefficient (Wildman–Crippen LogP) is 3.83. The molecule has 170 valence electrons. The van der Waals surface area contributed by atoms with Gasteiger partial charge in [0.25, 0.3) is 5.56 Å². The van der Waals surface area contributed by atoms with Gasteiger partial charge in [0, 0.05) is 11.1 Å². The van der Waals surface area contributed by atoms with Crippen molar-refractivity contribution in [3.63, 3.8) is 0 Å². The van der Waals surface area contributed by atoms with Crippen LogP contribution in [0.25, 0.3) is 10.9 Å². The number of piperidine rings is 1. The molecule has 0 unspecified atom stereocenters. The summed E-state index contributed by atoms with van der Waals surface area (Å²) in [6.07, 6.45) is 2.11. The highest BCUT2D eigenvalue weighted by atomic mass is 19.1. The number of nitrogens with zero attached hydrogens (tertiary/aromatic N) is 5. The van der Waals surface area contributed by atoms with E-state index in [-0.39, 0.29) is 17.4 Å². The fourth-order valence-electron chi connectivity index (χ4n) is 4.60. The molecule has 4 aromatic rings. The largest absolute Gasteiger partial charge is 0.322 e. The molecule has 1 atom stereocenters. The van der Waals surface area contributed by atoms with Gasteiger partial charge in [-0.05, 0) is 90.0 Å². The molecule has 1 aliphatic rings. The molecule has 2 aromatic carbocycles. The molecule has 0 spiro atoms. The molecule has 0 amide bonds. The minimum atomic E-state index is -0.373. The number of hydrogen-bond donors (Lipinski definition) is 1. The van der Waals surface area contributed by atoms with Crippen LogP contribution in [0.1, 0.15) is 48.3 Å². The number of fused-ring (bicyclic) bond motifs is 1. The Labute approximate surface area is 191 Å². The number of aryl methyl sites for hydroxylation is 1. The Morgan fingerprint density at radius 3 is 2.64 bits per heavy atom. The zero-order valence-electron chi connectivity index (χ0n) is 18.8. The minimum absolute atomic E-state index is 0.131. The van der Waals surface area contributed by atoms with E-state index >= 15 is 0 Å². The summed E-state index contributed by atoms with van der Waals surface area (Å²) in [7, 11) is 0. The number of aromatic amines is 1. The van der Waals surface area contributed by atoms with E-state index in [9.17, 15) is 9.18 Å². The summed E-state index contributed by atoms with van der Waals surface area (Å²) in [5.74, 6) is 0.981. The second kappa shape index (κ2) is 8.86. The number of nitrogens with one attached hydrogen (secondary N) is 1. The number of hydrogen-bond acceptors (Lipinski definition) is 5. The first-order valence-electron chi connectivity index (χ1n) is 11.4. The Kier molecular flexibility index (Phi) is 5.76. The van der Waals surface area contributed by atoms with Gasteiger partial charge >= 0.3 is 0 Å². The van der Waals surface area contributed by atoms with Crippen molar-refractivity contribution in [3.05, 3.63) is 87.2 Å². The molecule has 8 heteroatoms. The molecule has 2 aromatic heterocycles. The highest BCUT2D eigenvalue weighted by Crippen LogP contribution is 2.31. The minimum Gasteiger partial charge on any atom is -0.322 e. The fraction of sp³-hybridized carbons (Fsp3) is 0.360. The molecule has 1 saturated heterocycles. The molecule has 3 heterocycles. The maximum absolute atomic E-state index is 13.4. The summed E-state index contributed by atoms with van der Waals surface area (Å²) in [6.45, 7) is 6.39. The van der Waals surface area contributed by atoms with Crippen molar-refractivity contribution in [2.45, 2.75) is 39.3 Å². The lowest BCUT2D eigenvalue weighted by molar-refractivity contribution is 0.149. The number of likely N-dealkylation sites (tertiary alicyclic amines) is 1. The summed E-state index contributed by atoms with van der Waals surface area (Å²) in [5.41, 5.74) is 3.30. The molecular weight excluding hydrogens is 419 g/mol. The van der Waals surface area contributed by atoms with Gasteiger partial charge in [-0.25, -0.2) is 9.07 Å². The lowest BCUT2D eigenvalue weighted by Gasteiger charge is -2.35. The van der Waals surface area contributed by atoms with Crippen LogP contribution in [0.4, 0.5) is 4.39 Å². The molecule has 0 aliphatic carbocycles. The smallest absolute Gasteiger partial charge is 0.253 e. The predicted molar refractivity (Wildman–Crippen MR) is 124 cm³/mol. The summed E-state index contributed by atoms with van der Waals surface area (Å²) in [5, 5.41) is 13.5. The van der Waals surface area contributed by atoms with Gasteiger partial charge in [-0.3, -0.25) is 9.69 Å². The highest BCUT2D eigenvalue weighted by Gasteiger charge is 2.32. The number of tetrazole rings is 1. The normalized spacial score (nSPS) is 16.3. The number of aromatic nitrogens is 5. The first-order valence-corrected chi connectivity index (χ1v) is 11.4. The van der Waals surface area contributed by atoms with Crippen molar-refractivity contribution in [2.24, 2.45) is 5.92 Å². The molecular formula is C25H27FN6O. The van der Waals surface area contributed by atoms with Crippen molar-refractivity contribution in [1.82, 2.24) is 30.1 Å². The second-order valence-corrected chi connectivity index (χ2v) is 9.09. The van der Waals surface area contributed by atoms with Crippen molar-refractivity contribution >= 4 is 10.9 Å². The Morgan fingerprint density at radius 2 is 1.88 bits per heavy atom. The number of halogens is 1. The van der Waals surface area contributed by atoms with Crippen LogP contribution in [0.15, 0.2) is 53.3 Å². The number of rotatable bonds is 5. The van der Waals surface area contributed by atoms with Gasteiger partial charge in [0.05, 0.1) is 6.54 Å². The zero-order chi connectivity index (χ0) is 22.9. The Balaban J connectivity index is 1.60. The molecule has 33 heavy (non-hydrogen) atoms. The van der Waals surface area contributed by atoms with Crippen molar-refractivity contribution in [1.29, 1.82) is 0 Å². The van der Waals surface area contributed by atoms with Crippen molar-refractivity contribution in [2.75, 3.05) is 13.1 Å². The Bertz CT molecular complexity index is 1320. The molecule has 1 N–H and O–H groups in total. The van der Waals surface area contributed by atoms with Gasteiger partial charge in [-0.2, -0.15) is 0 Å². The topological polar surface area (TPSA) is 79.7 Å². The molecule has 0 radical (unpaired) electrons. The molecule has 1 aliphatic heterocycles. The summed E-state index contributed by atoms with van der Waals surface area (Å²) in [6, 6.07) is 14.0. The van der Waals surface area contributed by atoms with E-state index in [4.69, 9.17) is 0 Å². The first-order chi connectivity index (χ1) is 16.0. The van der Waals surface area contributed by atoms with Gasteiger partial charge in [-0.15, -0.1) is 5.10 Å². The van der Waals surface area contributed by atoms with Gasteiger partial charge in [0.15, 0.2) is 5.82 Å². The van der Waals surface area contributed by atoms with Gasteiger partial charge in [-0.1, -0.05) is 31.2 Å². The molecule has 0 saturated carbocycles. The van der Waals surface area contributed by atoms with Crippen LogP contribution in [0.3, 0.4) is 0 Å². The van der Waals surface area contributed by atoms with Crippen LogP contribution >= 0.6 is 0 Å². The van der Waals surface area contributed by atoms with Crippen LogP contribution in [-0.4, -0.2) is 43.2 Å². The third kappa shape index (κ3) is 4.43. The third-order valence-corrected chi connectivity index (χ3v) is 6.56. The van der Waals surface area contributed by atoms with Crippen molar-refractivity contribution in [3.8, 4) is 0 Å². The maximum Gasteiger partial charge on any atom is 0.253 e. The molecule has 7 nitrogen and oxygen atoms in total. The van der Waals surface area contributed by atoms with E-state index in [1.807, 2.05) is 31.2 Å². The average Bonchev–Trinajstić information content (AvgIpc) is 3.25. The second-order valence-electron chi connectivity index (χ2n) is 9.09. The molecule has 1 fully saturated rings. The zero-order valence-corrected chi connectivity index (χ0v) is 18.8. The lowest BCUT2D eigenvalue weighted by atomic mass is 9.95. The Morgan fingerprint density at radius 1 is 1.12 bits per heavy atom. The van der Waals surface area contributed by atoms with Crippen LogP contribution in [-0.2, 0) is 6.54 Å². The van der Waals surface area contributed by atoms with Gasteiger partial charge in [0.1, 0.15) is 11.9 Å². The molecule has 0 bridgehead atoms. The van der Waals surface area contributed by atoms with Crippen LogP contribution < -0.4 is 5.56 Å². The number of H-pyrrole nitrogens is 1. The number of pyridine rings is 1. The fourth-order valence-corrected chi connectivity index (χ4v) is 4.60. The first kappa shape index (κ1) is 21.5. The summed E-state index contributed by atoms with van der Waals surface area (Å²) >= 11 is 0. The van der Waals surface area contributed by atoms with Gasteiger partial charge < -0.3 is 4.98 Å². The summed E-state index contributed by atoms with van der Waals surface area (Å²) < 4.78 is 15.1. The van der Waals surface area contributed by atoms with Gasteiger partial charge in [0.2, 0.25) is 0 Å². The quantitative estimate of drug-likeness (QED) is 0.504. The average molecular weight is 447 g/mol. The summed E-state index contributed by atoms with van der Waals surface area (Å²) in [4.78, 5) is 18.7. The van der Waals surface area contributed by atoms with E-state index in [1.54, 1.807) is 16.8 Å². The standard InChI is InChI=1S/C25H27FN6O/c1-16-9-11-31(12-10-16)23(21-14-19-6-3-17(2)13-22(19)27-25(21)33)24-28-29-30-32(24)15-18-4-7-20(26)8-5-18/h3-8,13-14,16,23H,9-12,15H2,1-2H3,(H,27,33)/t23-/m1/s1. The maximum atomic E-state index is 13.4. The van der Waals surface area contributed by atoms with Crippen molar-refractivity contribution < 1.29 is 4.39 Å². The lowest BCUT2D eigenvalue weighted by Crippen LogP contribution is -2.40. The Hall–Kier alpha value is -3.39. The van der Waals surface area contributed by atoms with E-state index in [0.29, 0.717) is 23.9 Å². The van der Waals surface area contributed by atoms with E-state index in [2.05, 4.69) is 32.3 Å². The monoisotopic (exact) mass is 446 g/mol. The van der Waals surface area contributed by atoms with Crippen LogP contribution in [0.5, 0.6) is 0 Å². The van der Waals surface area contributed by atoms with Crippen LogP contribution in [0.2, 0.25) is 0 Å². The highest BCUT2D eigenvalue weighted by molar-refractivity contribution is 5.79.